The summed E-state index contributed by atoms with van der Waals surface area (Å²) in [6, 6.07) is 8.51. The number of nitrogens with two attached hydrogens (primary N) is 1. The van der Waals surface area contributed by atoms with Crippen LogP contribution in [0.15, 0.2) is 30.3 Å². The van der Waals surface area contributed by atoms with E-state index in [2.05, 4.69) is 11.2 Å². The van der Waals surface area contributed by atoms with Gasteiger partial charge in [0.1, 0.15) is 6.04 Å². The Labute approximate surface area is 95.5 Å². The summed E-state index contributed by atoms with van der Waals surface area (Å²) in [4.78, 5) is 11.4. The Morgan fingerprint density at radius 1 is 1.47 bits per heavy atom. The zero-order chi connectivity index (χ0) is 10.4. The molecule has 0 aliphatic carbocycles. The molecule has 1 unspecified atom stereocenters. The van der Waals surface area contributed by atoms with Gasteiger partial charge in [0, 0.05) is 0 Å². The van der Waals surface area contributed by atoms with Crippen molar-refractivity contribution in [3.05, 3.63) is 35.9 Å². The fourth-order valence-corrected chi connectivity index (χ4v) is 1.06. The van der Waals surface area contributed by atoms with Crippen LogP contribution in [0.1, 0.15) is 11.6 Å². The summed E-state index contributed by atoms with van der Waals surface area (Å²) < 4.78 is 0. The molecule has 0 aliphatic heterocycles. The molecule has 0 fully saturated rings. The number of halogens is 1. The van der Waals surface area contributed by atoms with Gasteiger partial charge in [-0.15, -0.1) is 18.8 Å². The molecule has 1 aromatic rings. The average Bonchev–Trinajstić information content (AvgIpc) is 2.26. The van der Waals surface area contributed by atoms with E-state index in [0.717, 1.165) is 5.56 Å². The van der Waals surface area contributed by atoms with E-state index in [1.807, 2.05) is 18.2 Å². The molecule has 0 aromatic heterocycles. The first-order valence-electron chi connectivity index (χ1n) is 4.27. The van der Waals surface area contributed by atoms with Crippen molar-refractivity contribution in [1.82, 2.24) is 5.32 Å². The number of carbonyl (C=O) groups is 1. The van der Waals surface area contributed by atoms with Gasteiger partial charge in [-0.25, -0.2) is 0 Å². The summed E-state index contributed by atoms with van der Waals surface area (Å²) in [7, 11) is 0. The van der Waals surface area contributed by atoms with Gasteiger partial charge in [0.15, 0.2) is 0 Å². The Morgan fingerprint density at radius 3 is 2.60 bits per heavy atom. The van der Waals surface area contributed by atoms with E-state index in [1.165, 1.54) is 0 Å². The van der Waals surface area contributed by atoms with E-state index >= 15 is 0 Å². The van der Waals surface area contributed by atoms with Crippen LogP contribution in [0.25, 0.3) is 0 Å². The first-order valence-corrected chi connectivity index (χ1v) is 4.27. The van der Waals surface area contributed by atoms with E-state index in [9.17, 15) is 4.79 Å². The molecular weight excluding hydrogens is 212 g/mol. The molecule has 0 saturated heterocycles. The highest BCUT2D eigenvalue weighted by Crippen LogP contribution is 2.08. The molecule has 3 nitrogen and oxygen atoms in total. The van der Waals surface area contributed by atoms with Crippen molar-refractivity contribution in [3.63, 3.8) is 0 Å². The van der Waals surface area contributed by atoms with Crippen LogP contribution in [-0.2, 0) is 4.79 Å². The fraction of sp³-hybridized carbons (Fsp3) is 0.182. The second kappa shape index (κ2) is 6.88. The Hall–Kier alpha value is -1.50. The van der Waals surface area contributed by atoms with Gasteiger partial charge in [-0.1, -0.05) is 36.3 Å². The fourth-order valence-electron chi connectivity index (χ4n) is 1.06. The van der Waals surface area contributed by atoms with Gasteiger partial charge < -0.3 is 11.1 Å². The van der Waals surface area contributed by atoms with Crippen molar-refractivity contribution >= 4 is 18.3 Å². The molecule has 1 rings (SSSR count). The third-order valence-electron chi connectivity index (χ3n) is 1.81. The molecule has 0 bridgehead atoms. The molecular formula is C11H13ClN2O. The number of amides is 1. The van der Waals surface area contributed by atoms with E-state index in [-0.39, 0.29) is 24.9 Å². The smallest absolute Gasteiger partial charge is 0.242 e. The first kappa shape index (κ1) is 13.5. The van der Waals surface area contributed by atoms with Crippen molar-refractivity contribution in [2.45, 2.75) is 6.04 Å². The number of nitrogens with one attached hydrogen (secondary N) is 1. The minimum Gasteiger partial charge on any atom is -0.344 e. The number of terminal acetylenes is 1. The van der Waals surface area contributed by atoms with Gasteiger partial charge in [-0.2, -0.15) is 0 Å². The average molecular weight is 225 g/mol. The van der Waals surface area contributed by atoms with Crippen molar-refractivity contribution in [2.75, 3.05) is 6.54 Å². The molecule has 1 amide bonds. The quantitative estimate of drug-likeness (QED) is 0.749. The van der Waals surface area contributed by atoms with Crippen molar-refractivity contribution in [2.24, 2.45) is 5.73 Å². The van der Waals surface area contributed by atoms with Crippen molar-refractivity contribution in [1.29, 1.82) is 0 Å². The van der Waals surface area contributed by atoms with Crippen LogP contribution in [0.2, 0.25) is 0 Å². The molecule has 1 atom stereocenters. The third kappa shape index (κ3) is 4.03. The molecule has 3 N–H and O–H groups in total. The Morgan fingerprint density at radius 2 is 2.07 bits per heavy atom. The molecule has 80 valence electrons. The lowest BCUT2D eigenvalue weighted by atomic mass is 10.1. The Kier molecular flexibility index (Phi) is 6.19. The molecule has 15 heavy (non-hydrogen) atoms. The van der Waals surface area contributed by atoms with Crippen LogP contribution in [0.4, 0.5) is 0 Å². The van der Waals surface area contributed by atoms with Crippen LogP contribution in [0.5, 0.6) is 0 Å². The van der Waals surface area contributed by atoms with Crippen molar-refractivity contribution in [3.8, 4) is 12.3 Å². The van der Waals surface area contributed by atoms with E-state index in [0.29, 0.717) is 0 Å². The highest BCUT2D eigenvalue weighted by molar-refractivity contribution is 5.85. The van der Waals surface area contributed by atoms with Crippen LogP contribution >= 0.6 is 12.4 Å². The predicted octanol–water partition coefficient (Wildman–Crippen LogP) is 0.858. The SMILES string of the molecule is C#CCNC(=O)C(N)c1ccccc1.Cl. The van der Waals surface area contributed by atoms with E-state index in [1.54, 1.807) is 12.1 Å². The topological polar surface area (TPSA) is 55.1 Å². The number of benzene rings is 1. The number of rotatable bonds is 3. The normalized spacial score (nSPS) is 10.7. The van der Waals surface area contributed by atoms with Gasteiger partial charge in [0.2, 0.25) is 5.91 Å². The summed E-state index contributed by atoms with van der Waals surface area (Å²) >= 11 is 0. The van der Waals surface area contributed by atoms with Gasteiger partial charge in [-0.3, -0.25) is 4.79 Å². The molecule has 0 aliphatic rings. The minimum absolute atomic E-state index is 0. The van der Waals surface area contributed by atoms with Crippen LogP contribution in [0.3, 0.4) is 0 Å². The van der Waals surface area contributed by atoms with E-state index < -0.39 is 6.04 Å². The van der Waals surface area contributed by atoms with Gasteiger partial charge in [0.25, 0.3) is 0 Å². The lowest BCUT2D eigenvalue weighted by Crippen LogP contribution is -2.34. The molecule has 0 radical (unpaired) electrons. The lowest BCUT2D eigenvalue weighted by Gasteiger charge is -2.10. The predicted molar refractivity (Wildman–Crippen MR) is 62.5 cm³/mol. The standard InChI is InChI=1S/C11H12N2O.ClH/c1-2-8-13-11(14)10(12)9-6-4-3-5-7-9;/h1,3-7,10H,8,12H2,(H,13,14);1H. The maximum Gasteiger partial charge on any atom is 0.242 e. The molecule has 4 heteroatoms. The van der Waals surface area contributed by atoms with Crippen molar-refractivity contribution < 1.29 is 4.79 Å². The third-order valence-corrected chi connectivity index (χ3v) is 1.81. The first-order chi connectivity index (χ1) is 6.75. The lowest BCUT2D eigenvalue weighted by molar-refractivity contribution is -0.122. The molecule has 0 spiro atoms. The van der Waals surface area contributed by atoms with Crippen LogP contribution < -0.4 is 11.1 Å². The highest BCUT2D eigenvalue weighted by atomic mass is 35.5. The minimum atomic E-state index is -0.649. The molecule has 0 saturated carbocycles. The largest absolute Gasteiger partial charge is 0.344 e. The summed E-state index contributed by atoms with van der Waals surface area (Å²) in [6.07, 6.45) is 5.01. The van der Waals surface area contributed by atoms with Crippen LogP contribution in [0, 0.1) is 12.3 Å². The highest BCUT2D eigenvalue weighted by Gasteiger charge is 2.13. The maximum atomic E-state index is 11.4. The summed E-state index contributed by atoms with van der Waals surface area (Å²) in [5.41, 5.74) is 6.48. The summed E-state index contributed by atoms with van der Waals surface area (Å²) in [5, 5.41) is 2.53. The monoisotopic (exact) mass is 224 g/mol. The van der Waals surface area contributed by atoms with Gasteiger partial charge in [0.05, 0.1) is 6.54 Å². The Bertz CT molecular complexity index is 345. The zero-order valence-corrected chi connectivity index (χ0v) is 8.96. The molecule has 1 aromatic carbocycles. The Balaban J connectivity index is 0.00000196. The number of carbonyl (C=O) groups excluding carboxylic acids is 1. The summed E-state index contributed by atoms with van der Waals surface area (Å²) in [5.74, 6) is 2.06. The van der Waals surface area contributed by atoms with Gasteiger partial charge >= 0.3 is 0 Å². The second-order valence-electron chi connectivity index (χ2n) is 2.81. The zero-order valence-electron chi connectivity index (χ0n) is 8.14. The summed E-state index contributed by atoms with van der Waals surface area (Å²) in [6.45, 7) is 0.208. The number of hydrogen-bond acceptors (Lipinski definition) is 2. The van der Waals surface area contributed by atoms with E-state index in [4.69, 9.17) is 12.2 Å². The molecule has 0 heterocycles. The number of hydrogen-bond donors (Lipinski definition) is 2. The maximum absolute atomic E-state index is 11.4. The second-order valence-corrected chi connectivity index (χ2v) is 2.81. The van der Waals surface area contributed by atoms with Gasteiger partial charge in [-0.05, 0) is 5.56 Å². The van der Waals surface area contributed by atoms with Crippen LogP contribution in [-0.4, -0.2) is 12.5 Å².